The van der Waals surface area contributed by atoms with Crippen molar-refractivity contribution >= 4 is 15.3 Å². The number of hydrogen-bond acceptors (Lipinski definition) is 0. The van der Waals surface area contributed by atoms with E-state index in [4.69, 9.17) is 0 Å². The minimum Gasteiger partial charge on any atom is -0.118 e. The van der Waals surface area contributed by atoms with Gasteiger partial charge in [-0.2, -0.15) is 0 Å². The van der Waals surface area contributed by atoms with Crippen LogP contribution >= 0.6 is 0 Å². The van der Waals surface area contributed by atoms with Crippen molar-refractivity contribution in [2.24, 2.45) is 0 Å². The van der Waals surface area contributed by atoms with Crippen LogP contribution in [0.4, 0.5) is 0 Å². The lowest BCUT2D eigenvalue weighted by Gasteiger charge is -1.71. The number of rotatable bonds is 2. The molecule has 1 heteroatoms. The van der Waals surface area contributed by atoms with Gasteiger partial charge in [0.1, 0.15) is 0 Å². The molecule has 0 saturated heterocycles. The Morgan fingerprint density at radius 1 is 1.60 bits per heavy atom. The van der Waals surface area contributed by atoms with Crippen molar-refractivity contribution in [1.29, 1.82) is 0 Å². The Morgan fingerprint density at radius 3 is 2.20 bits per heavy atom. The Hall–Kier alpha value is 0.0869. The fourth-order valence-electron chi connectivity index (χ4n) is 0.125. The molecule has 0 bridgehead atoms. The van der Waals surface area contributed by atoms with Gasteiger partial charge in [0, 0.05) is 9.13 Å². The molecule has 0 aromatic heterocycles. The van der Waals surface area contributed by atoms with Gasteiger partial charge in [-0.15, -0.1) is 6.17 Å². The minimum absolute atomic E-state index is 0.845. The first-order chi connectivity index (χ1) is 2.41. The van der Waals surface area contributed by atoms with Crippen LogP contribution in [-0.4, -0.2) is 15.3 Å². The van der Waals surface area contributed by atoms with E-state index in [2.05, 4.69) is 13.1 Å². The Morgan fingerprint density at radius 2 is 2.20 bits per heavy atom. The molecule has 28 valence electrons. The molecule has 0 aromatic rings. The summed E-state index contributed by atoms with van der Waals surface area (Å²) >= 11 is 0. The molecule has 0 N–H and O–H groups in total. The first kappa shape index (κ1) is 5.09. The summed E-state index contributed by atoms with van der Waals surface area (Å²) in [6, 6.07) is 1.19. The van der Waals surface area contributed by atoms with E-state index in [-0.39, 0.29) is 0 Å². The standard InChI is InChI=1S/C4H8Si/c1-3-4-5-2/h1-4H2. The maximum atomic E-state index is 3.66. The highest BCUT2D eigenvalue weighted by Crippen LogP contribution is 1.75. The summed E-state index contributed by atoms with van der Waals surface area (Å²) in [7, 11) is 0.845. The lowest BCUT2D eigenvalue weighted by Crippen LogP contribution is -1.67. The van der Waals surface area contributed by atoms with Crippen LogP contribution in [0.3, 0.4) is 0 Å². The average Bonchev–Trinajstić information content (AvgIpc) is 1.41. The molecular weight excluding hydrogens is 76.1 g/mol. The molecule has 0 nitrogen and oxygen atoms in total. The summed E-state index contributed by atoms with van der Waals surface area (Å²) < 4.78 is 0. The van der Waals surface area contributed by atoms with Gasteiger partial charge >= 0.3 is 0 Å². The molecule has 0 heterocycles. The van der Waals surface area contributed by atoms with Crippen molar-refractivity contribution in [3.05, 3.63) is 6.92 Å². The largest absolute Gasteiger partial charge is 0.118 e. The van der Waals surface area contributed by atoms with Gasteiger partial charge in [0.25, 0.3) is 0 Å². The van der Waals surface area contributed by atoms with Crippen LogP contribution in [0.1, 0.15) is 6.42 Å². The zero-order valence-corrected chi connectivity index (χ0v) is 4.33. The Balaban J connectivity index is 2.40. The van der Waals surface area contributed by atoms with Crippen molar-refractivity contribution in [3.8, 4) is 0 Å². The van der Waals surface area contributed by atoms with E-state index >= 15 is 0 Å². The van der Waals surface area contributed by atoms with Gasteiger partial charge in [0.2, 0.25) is 0 Å². The third-order valence-corrected chi connectivity index (χ3v) is 1.06. The molecule has 0 rings (SSSR count). The zero-order chi connectivity index (χ0) is 4.12. The van der Waals surface area contributed by atoms with Gasteiger partial charge in [-0.1, -0.05) is 13.3 Å². The zero-order valence-electron chi connectivity index (χ0n) is 3.33. The molecule has 0 fully saturated rings. The van der Waals surface area contributed by atoms with E-state index in [1.54, 1.807) is 0 Å². The Labute approximate surface area is 35.6 Å². The molecular formula is C4H8Si. The molecule has 0 aromatic carbocycles. The molecule has 0 aliphatic heterocycles. The molecule has 0 spiro atoms. The van der Waals surface area contributed by atoms with Gasteiger partial charge in [-0.05, 0) is 6.04 Å². The summed E-state index contributed by atoms with van der Waals surface area (Å²) in [5, 5.41) is 0. The van der Waals surface area contributed by atoms with E-state index in [0.29, 0.717) is 0 Å². The van der Waals surface area contributed by atoms with Gasteiger partial charge in [-0.25, -0.2) is 0 Å². The molecule has 5 heavy (non-hydrogen) atoms. The van der Waals surface area contributed by atoms with Crippen LogP contribution in [0.5, 0.6) is 0 Å². The monoisotopic (exact) mass is 84.0 g/mol. The van der Waals surface area contributed by atoms with Crippen LogP contribution in [-0.2, 0) is 0 Å². The summed E-state index contributed by atoms with van der Waals surface area (Å²) in [4.78, 5) is 0. The third-order valence-electron chi connectivity index (χ3n) is 0.354. The van der Waals surface area contributed by atoms with E-state index in [0.717, 1.165) is 15.6 Å². The van der Waals surface area contributed by atoms with Crippen molar-refractivity contribution in [1.82, 2.24) is 0 Å². The lowest BCUT2D eigenvalue weighted by molar-refractivity contribution is 1.21. The fraction of sp³-hybridized carbons (Fsp3) is 0.500. The molecule has 0 saturated carbocycles. The Kier molecular flexibility index (Phi) is 4.16. The van der Waals surface area contributed by atoms with Crippen molar-refractivity contribution in [2.75, 3.05) is 0 Å². The highest BCUT2D eigenvalue weighted by atomic mass is 28.2. The van der Waals surface area contributed by atoms with Gasteiger partial charge < -0.3 is 0 Å². The van der Waals surface area contributed by atoms with Crippen molar-refractivity contribution in [2.45, 2.75) is 12.5 Å². The predicted molar refractivity (Wildman–Crippen MR) is 27.7 cm³/mol. The lowest BCUT2D eigenvalue weighted by atomic mass is 10.6. The van der Waals surface area contributed by atoms with Crippen LogP contribution in [0.25, 0.3) is 0 Å². The SMILES string of the molecule is [CH2]CC[Si]=C. The molecule has 2 radical (unpaired) electrons. The van der Waals surface area contributed by atoms with Crippen molar-refractivity contribution in [3.63, 3.8) is 0 Å². The van der Waals surface area contributed by atoms with E-state index in [1.165, 1.54) is 6.04 Å². The fourth-order valence-corrected chi connectivity index (χ4v) is 0.375. The smallest absolute Gasteiger partial charge is 0.0110 e. The molecule has 0 atom stereocenters. The Bertz CT molecular complexity index is 24.8. The van der Waals surface area contributed by atoms with Gasteiger partial charge in [-0.3, -0.25) is 0 Å². The second-order valence-corrected chi connectivity index (χ2v) is 1.85. The second-order valence-electron chi connectivity index (χ2n) is 0.854. The highest BCUT2D eigenvalue weighted by molar-refractivity contribution is 6.40. The van der Waals surface area contributed by atoms with Gasteiger partial charge in [0.05, 0.1) is 0 Å². The summed E-state index contributed by atoms with van der Waals surface area (Å²) in [6.07, 6.45) is 4.71. The average molecular weight is 84.2 g/mol. The first-order valence-electron chi connectivity index (χ1n) is 1.71. The van der Waals surface area contributed by atoms with Crippen LogP contribution in [0, 0.1) is 6.92 Å². The summed E-state index contributed by atoms with van der Waals surface area (Å²) in [5.74, 6) is 0. The van der Waals surface area contributed by atoms with Gasteiger partial charge in [0.15, 0.2) is 0 Å². The summed E-state index contributed by atoms with van der Waals surface area (Å²) in [6.45, 7) is 3.64. The van der Waals surface area contributed by atoms with E-state index in [1.807, 2.05) is 0 Å². The minimum atomic E-state index is 0.845. The quantitative estimate of drug-likeness (QED) is 0.433. The van der Waals surface area contributed by atoms with E-state index in [9.17, 15) is 0 Å². The normalized spacial score (nSPS) is 7.40. The summed E-state index contributed by atoms with van der Waals surface area (Å²) in [5.41, 5.74) is 0. The maximum Gasteiger partial charge on any atom is 0.0110 e. The van der Waals surface area contributed by atoms with Crippen LogP contribution < -0.4 is 0 Å². The molecule has 0 unspecified atom stereocenters. The number of hydrogen-bond donors (Lipinski definition) is 0. The molecule has 0 aliphatic rings. The maximum absolute atomic E-state index is 3.66. The molecule has 0 amide bonds. The predicted octanol–water partition coefficient (Wildman–Crippen LogP) is 0.765. The molecule has 0 aliphatic carbocycles. The third kappa shape index (κ3) is 4.09. The van der Waals surface area contributed by atoms with Crippen molar-refractivity contribution < 1.29 is 0 Å². The van der Waals surface area contributed by atoms with Crippen LogP contribution in [0.2, 0.25) is 6.04 Å². The topological polar surface area (TPSA) is 0 Å². The highest BCUT2D eigenvalue weighted by Gasteiger charge is 1.63. The first-order valence-corrected chi connectivity index (χ1v) is 3.12. The second kappa shape index (κ2) is 4.09. The van der Waals surface area contributed by atoms with Crippen LogP contribution in [0.15, 0.2) is 0 Å². The van der Waals surface area contributed by atoms with E-state index < -0.39 is 0 Å².